The van der Waals surface area contributed by atoms with E-state index in [1.165, 1.54) is 24.3 Å². The molecular weight excluding hydrogens is 405 g/mol. The van der Waals surface area contributed by atoms with E-state index in [0.717, 1.165) is 12.8 Å². The zero-order chi connectivity index (χ0) is 20.3. The summed E-state index contributed by atoms with van der Waals surface area (Å²) in [5.74, 6) is 0. The number of thiazole rings is 1. The molecule has 2 N–H and O–H groups in total. The van der Waals surface area contributed by atoms with E-state index in [4.69, 9.17) is 4.42 Å². The fraction of sp³-hybridized carbons (Fsp3) is 0.474. The molecule has 5 rings (SSSR count). The van der Waals surface area contributed by atoms with Crippen molar-refractivity contribution in [2.45, 2.75) is 44.1 Å². The third kappa shape index (κ3) is 3.19. The van der Waals surface area contributed by atoms with Crippen molar-refractivity contribution in [3.05, 3.63) is 28.8 Å². The Bertz CT molecular complexity index is 1040. The number of nitrogens with zero attached hydrogens (tertiary/aromatic N) is 3. The average molecular weight is 424 g/mol. The van der Waals surface area contributed by atoms with Gasteiger partial charge in [0.1, 0.15) is 10.5 Å². The van der Waals surface area contributed by atoms with Crippen LogP contribution in [0.3, 0.4) is 0 Å². The van der Waals surface area contributed by atoms with Gasteiger partial charge < -0.3 is 19.7 Å². The van der Waals surface area contributed by atoms with Gasteiger partial charge in [0.25, 0.3) is 6.01 Å². The summed E-state index contributed by atoms with van der Waals surface area (Å²) in [5, 5.41) is 15.8. The van der Waals surface area contributed by atoms with Crippen LogP contribution in [-0.2, 0) is 6.18 Å². The lowest BCUT2D eigenvalue weighted by atomic mass is 9.98. The number of aliphatic hydroxyl groups is 1. The van der Waals surface area contributed by atoms with Gasteiger partial charge in [-0.15, -0.1) is 11.3 Å². The summed E-state index contributed by atoms with van der Waals surface area (Å²) in [6.07, 6.45) is -2.35. The van der Waals surface area contributed by atoms with Crippen LogP contribution in [0.5, 0.6) is 0 Å². The summed E-state index contributed by atoms with van der Waals surface area (Å²) in [4.78, 5) is 10.4. The van der Waals surface area contributed by atoms with Gasteiger partial charge in [0, 0.05) is 36.8 Å². The Morgan fingerprint density at radius 2 is 2.03 bits per heavy atom. The van der Waals surface area contributed by atoms with Crippen LogP contribution < -0.4 is 10.2 Å². The zero-order valence-electron chi connectivity index (χ0n) is 15.5. The van der Waals surface area contributed by atoms with Gasteiger partial charge in [-0.2, -0.15) is 18.2 Å². The van der Waals surface area contributed by atoms with Crippen LogP contribution in [0.2, 0.25) is 0 Å². The summed E-state index contributed by atoms with van der Waals surface area (Å²) in [5.41, 5.74) is -0.985. The van der Waals surface area contributed by atoms with Crippen molar-refractivity contribution >= 4 is 28.5 Å². The van der Waals surface area contributed by atoms with Crippen molar-refractivity contribution in [3.63, 3.8) is 0 Å². The molecule has 6 nitrogen and oxygen atoms in total. The topological polar surface area (TPSA) is 74.4 Å². The van der Waals surface area contributed by atoms with Crippen LogP contribution in [-0.4, -0.2) is 40.2 Å². The normalized spacial score (nSPS) is 23.1. The minimum absolute atomic E-state index is 0.0533. The molecule has 2 fully saturated rings. The highest BCUT2D eigenvalue weighted by atomic mass is 32.1. The first-order valence-electron chi connectivity index (χ1n) is 9.45. The molecule has 0 radical (unpaired) electrons. The maximum atomic E-state index is 14.0. The molecule has 0 spiro atoms. The summed E-state index contributed by atoms with van der Waals surface area (Å²) >= 11 is 1.29. The first-order chi connectivity index (χ1) is 13.8. The van der Waals surface area contributed by atoms with E-state index in [2.05, 4.69) is 15.3 Å². The Balaban J connectivity index is 1.74. The number of fused-ring (bicyclic) bond motifs is 3. The first-order valence-corrected chi connectivity index (χ1v) is 10.3. The smallest absolute Gasteiger partial charge is 0.418 e. The van der Waals surface area contributed by atoms with Gasteiger partial charge in [0.2, 0.25) is 0 Å². The molecule has 3 aromatic rings. The molecular formula is C19H19F3N4O2S. The number of rotatable bonds is 3. The van der Waals surface area contributed by atoms with E-state index in [9.17, 15) is 18.3 Å². The second-order valence-corrected chi connectivity index (χ2v) is 8.51. The van der Waals surface area contributed by atoms with Crippen LogP contribution >= 0.6 is 11.3 Å². The van der Waals surface area contributed by atoms with E-state index >= 15 is 0 Å². The van der Waals surface area contributed by atoms with Crippen molar-refractivity contribution in [1.29, 1.82) is 0 Å². The van der Waals surface area contributed by atoms with Crippen LogP contribution in [0.15, 0.2) is 22.1 Å². The molecule has 4 heterocycles. The predicted molar refractivity (Wildman–Crippen MR) is 103 cm³/mol. The number of hydrogen-bond donors (Lipinski definition) is 2. The molecule has 0 saturated carbocycles. The largest absolute Gasteiger partial charge is 0.423 e. The molecule has 3 unspecified atom stereocenters. The van der Waals surface area contributed by atoms with E-state index in [-0.39, 0.29) is 34.8 Å². The Kier molecular flexibility index (Phi) is 4.34. The maximum absolute atomic E-state index is 14.0. The van der Waals surface area contributed by atoms with Crippen molar-refractivity contribution < 1.29 is 22.7 Å². The molecule has 3 atom stereocenters. The molecule has 2 bridgehead atoms. The predicted octanol–water partition coefficient (Wildman–Crippen LogP) is 3.96. The van der Waals surface area contributed by atoms with Gasteiger partial charge in [0.15, 0.2) is 5.58 Å². The molecule has 0 amide bonds. The summed E-state index contributed by atoms with van der Waals surface area (Å²) in [6.45, 7) is 2.60. The highest BCUT2D eigenvalue weighted by Crippen LogP contribution is 2.45. The molecule has 154 valence electrons. The Hall–Kier alpha value is -2.17. The van der Waals surface area contributed by atoms with Gasteiger partial charge in [-0.25, -0.2) is 4.98 Å². The standard InChI is InChI=1S/C19H19F3N4O2S/c1-9(27)12-6-13(17-23-4-5-29-17)16-15(14(12)19(20,21)22)25-18(28-16)26-7-10-2-3-11(8-26)24-10/h4-6,9-11,24,27H,2-3,7-8H2,1H3. The highest BCUT2D eigenvalue weighted by Gasteiger charge is 2.41. The second-order valence-electron chi connectivity index (χ2n) is 7.62. The lowest BCUT2D eigenvalue weighted by Gasteiger charge is -2.31. The fourth-order valence-electron chi connectivity index (χ4n) is 4.32. The molecule has 2 aromatic heterocycles. The second kappa shape index (κ2) is 6.68. The van der Waals surface area contributed by atoms with Crippen molar-refractivity contribution in [2.24, 2.45) is 0 Å². The number of alkyl halides is 3. The Morgan fingerprint density at radius 1 is 1.31 bits per heavy atom. The minimum atomic E-state index is -4.68. The van der Waals surface area contributed by atoms with E-state index in [1.54, 1.807) is 11.6 Å². The lowest BCUT2D eigenvalue weighted by molar-refractivity contribution is -0.137. The van der Waals surface area contributed by atoms with Crippen LogP contribution in [0, 0.1) is 0 Å². The van der Waals surface area contributed by atoms with Crippen LogP contribution in [0.4, 0.5) is 19.2 Å². The fourth-order valence-corrected chi connectivity index (χ4v) is 4.97. The van der Waals surface area contributed by atoms with Crippen LogP contribution in [0.25, 0.3) is 21.7 Å². The number of oxazole rings is 1. The van der Waals surface area contributed by atoms with E-state index < -0.39 is 17.8 Å². The number of nitrogens with one attached hydrogen (secondary N) is 1. The third-order valence-electron chi connectivity index (χ3n) is 5.57. The maximum Gasteiger partial charge on any atom is 0.418 e. The van der Waals surface area contributed by atoms with Crippen LogP contribution in [0.1, 0.15) is 37.0 Å². The molecule has 1 aromatic carbocycles. The summed E-state index contributed by atoms with van der Waals surface area (Å²) in [6, 6.07) is 2.09. The van der Waals surface area contributed by atoms with Gasteiger partial charge in [-0.3, -0.25) is 0 Å². The number of halogens is 3. The lowest BCUT2D eigenvalue weighted by Crippen LogP contribution is -2.51. The average Bonchev–Trinajstić information content (AvgIpc) is 3.39. The minimum Gasteiger partial charge on any atom is -0.423 e. The number of aliphatic hydroxyl groups excluding tert-OH is 1. The van der Waals surface area contributed by atoms with Gasteiger partial charge >= 0.3 is 6.18 Å². The molecule has 10 heteroatoms. The quantitative estimate of drug-likeness (QED) is 0.663. The summed E-state index contributed by atoms with van der Waals surface area (Å²) < 4.78 is 47.8. The van der Waals surface area contributed by atoms with Gasteiger partial charge in [0.05, 0.1) is 17.2 Å². The number of piperazine rings is 1. The Morgan fingerprint density at radius 3 is 2.62 bits per heavy atom. The number of benzene rings is 1. The number of hydrogen-bond acceptors (Lipinski definition) is 7. The van der Waals surface area contributed by atoms with Crippen molar-refractivity contribution in [2.75, 3.05) is 18.0 Å². The van der Waals surface area contributed by atoms with Crippen molar-refractivity contribution in [1.82, 2.24) is 15.3 Å². The Labute approximate surface area is 168 Å². The van der Waals surface area contributed by atoms with E-state index in [0.29, 0.717) is 23.7 Å². The van der Waals surface area contributed by atoms with Gasteiger partial charge in [-0.05, 0) is 31.4 Å². The molecule has 2 aliphatic rings. The first kappa shape index (κ1) is 18.8. The van der Waals surface area contributed by atoms with Crippen molar-refractivity contribution in [3.8, 4) is 10.6 Å². The number of aromatic nitrogens is 2. The highest BCUT2D eigenvalue weighted by molar-refractivity contribution is 7.13. The molecule has 2 saturated heterocycles. The molecule has 29 heavy (non-hydrogen) atoms. The third-order valence-corrected chi connectivity index (χ3v) is 6.38. The summed E-state index contributed by atoms with van der Waals surface area (Å²) in [7, 11) is 0. The molecule has 0 aliphatic carbocycles. The monoisotopic (exact) mass is 424 g/mol. The van der Waals surface area contributed by atoms with Gasteiger partial charge in [-0.1, -0.05) is 0 Å². The molecule has 2 aliphatic heterocycles. The SMILES string of the molecule is CC(O)c1cc(-c2nccs2)c2oc(N3CC4CCC(C3)N4)nc2c1C(F)(F)F. The van der Waals surface area contributed by atoms with E-state index in [1.807, 2.05) is 4.90 Å². The number of anilines is 1. The zero-order valence-corrected chi connectivity index (χ0v) is 16.3.